The zero-order chi connectivity index (χ0) is 8.43. The molecule has 0 heterocycles. The van der Waals surface area contributed by atoms with Crippen LogP contribution in [0, 0.1) is 22.8 Å². The van der Waals surface area contributed by atoms with Crippen molar-refractivity contribution in [2.75, 3.05) is 0 Å². The largest absolute Gasteiger partial charge is 0.423 e. The van der Waals surface area contributed by atoms with Gasteiger partial charge in [0.05, 0.1) is 0 Å². The first-order valence-electron chi connectivity index (χ1n) is 2.65. The van der Waals surface area contributed by atoms with Crippen LogP contribution in [0.4, 0.5) is 18.9 Å². The number of hydrogen-bond acceptors (Lipinski definition) is 1. The summed E-state index contributed by atoms with van der Waals surface area (Å²) in [4.78, 5) is 2.39. The molecule has 0 aliphatic heterocycles. The molecule has 0 unspecified atom stereocenters. The molecule has 0 fully saturated rings. The van der Waals surface area contributed by atoms with Gasteiger partial charge in [0.1, 0.15) is 0 Å². The van der Waals surface area contributed by atoms with Crippen LogP contribution in [0.25, 0.3) is 4.98 Å². The molecular weight excluding hydrogens is 157 g/mol. The zero-order valence-electron chi connectivity index (χ0n) is 5.18. The molecule has 1 rings (SSSR count). The van der Waals surface area contributed by atoms with Crippen molar-refractivity contribution in [3.63, 3.8) is 0 Å². The van der Waals surface area contributed by atoms with Gasteiger partial charge in [-0.05, 0) is 6.07 Å². The minimum Gasteiger partial charge on any atom is -0.204 e. The van der Waals surface area contributed by atoms with Crippen molar-refractivity contribution >= 4 is 5.69 Å². The second-order valence-electron chi connectivity index (χ2n) is 1.79. The fraction of sp³-hybridized carbons (Fsp3) is 0. The van der Waals surface area contributed by atoms with Gasteiger partial charge in [-0.1, -0.05) is 0 Å². The molecule has 0 spiro atoms. The Hall–Kier alpha value is -1.57. The van der Waals surface area contributed by atoms with Crippen LogP contribution in [-0.4, -0.2) is 0 Å². The predicted octanol–water partition coefficient (Wildman–Crippen LogP) is 2.59. The van der Waals surface area contributed by atoms with E-state index in [9.17, 15) is 13.2 Å². The number of benzene rings is 1. The lowest BCUT2D eigenvalue weighted by atomic mass is 10.3. The highest BCUT2D eigenvalue weighted by atomic mass is 19.2. The molecule has 0 aromatic heterocycles. The van der Waals surface area contributed by atoms with Crippen molar-refractivity contribution in [3.8, 4) is 0 Å². The highest BCUT2D eigenvalue weighted by Crippen LogP contribution is 2.21. The number of hydrogen-bond donors (Lipinski definition) is 0. The Morgan fingerprint density at radius 2 is 1.73 bits per heavy atom. The topological polar surface area (TPSA) is 28.1 Å². The van der Waals surface area contributed by atoms with Crippen LogP contribution in [0.2, 0.25) is 0 Å². The molecule has 0 N–H and O–H groups in total. The molecule has 1 aromatic carbocycles. The summed E-state index contributed by atoms with van der Waals surface area (Å²) in [5.41, 5.74) is -0.621. The molecule has 0 radical (unpaired) electrons. The first-order chi connectivity index (χ1) is 5.16. The van der Waals surface area contributed by atoms with E-state index in [1.807, 2.05) is 0 Å². The average molecular weight is 159 g/mol. The molecule has 0 saturated carbocycles. The summed E-state index contributed by atoms with van der Waals surface area (Å²) in [6, 6.07) is 1.50. The van der Waals surface area contributed by atoms with E-state index in [1.165, 1.54) is 0 Å². The van der Waals surface area contributed by atoms with E-state index in [4.69, 9.17) is 5.39 Å². The monoisotopic (exact) mass is 159 g/mol. The summed E-state index contributed by atoms with van der Waals surface area (Å²) in [6.07, 6.45) is 0. The van der Waals surface area contributed by atoms with E-state index in [-0.39, 0.29) is 0 Å². The highest BCUT2D eigenvalue weighted by molar-refractivity contribution is 5.45. The number of rotatable bonds is 0. The number of nitrogens with zero attached hydrogens (tertiary/aromatic N) is 2. The molecule has 1 aromatic rings. The van der Waals surface area contributed by atoms with E-state index in [2.05, 4.69) is 4.98 Å². The van der Waals surface area contributed by atoms with E-state index >= 15 is 0 Å². The van der Waals surface area contributed by atoms with Gasteiger partial charge in [-0.25, -0.2) is 8.78 Å². The summed E-state index contributed by atoms with van der Waals surface area (Å²) in [5, 5.41) is 8.03. The Balaban J connectivity index is 3.40. The Kier molecular flexibility index (Phi) is 1.77. The number of halogens is 3. The van der Waals surface area contributed by atoms with Gasteiger partial charge in [-0.2, -0.15) is 4.39 Å². The van der Waals surface area contributed by atoms with Crippen LogP contribution < -0.4 is 0 Å². The molecule has 0 aliphatic rings. The van der Waals surface area contributed by atoms with Gasteiger partial charge in [0, 0.05) is 6.07 Å². The predicted molar refractivity (Wildman–Crippen MR) is 31.1 cm³/mol. The van der Waals surface area contributed by atoms with Gasteiger partial charge < -0.3 is 0 Å². The first-order valence-corrected chi connectivity index (χ1v) is 2.65. The van der Waals surface area contributed by atoms with Gasteiger partial charge in [-0.15, -0.1) is 0 Å². The van der Waals surface area contributed by atoms with Gasteiger partial charge in [0.15, 0.2) is 10.8 Å². The van der Waals surface area contributed by atoms with E-state index < -0.39 is 23.1 Å². The van der Waals surface area contributed by atoms with E-state index in [0.717, 1.165) is 6.07 Å². The van der Waals surface area contributed by atoms with Gasteiger partial charge in [-0.3, -0.25) is 0 Å². The zero-order valence-corrected chi connectivity index (χ0v) is 5.18. The maximum Gasteiger partial charge on any atom is 0.423 e. The van der Waals surface area contributed by atoms with E-state index in [0.29, 0.717) is 6.07 Å². The second-order valence-corrected chi connectivity index (χ2v) is 1.79. The normalized spacial score (nSPS) is 9.27. The third-order valence-corrected chi connectivity index (χ3v) is 1.12. The van der Waals surface area contributed by atoms with Crippen molar-refractivity contribution in [2.24, 2.45) is 0 Å². The SMILES string of the molecule is N#[N+]c1ccc(F)c(F)c1F. The lowest BCUT2D eigenvalue weighted by Crippen LogP contribution is -1.88. The number of diazo groups is 1. The minimum atomic E-state index is -1.64. The smallest absolute Gasteiger partial charge is 0.204 e. The fourth-order valence-electron chi connectivity index (χ4n) is 0.593. The molecule has 0 aliphatic carbocycles. The summed E-state index contributed by atoms with van der Waals surface area (Å²) < 4.78 is 36.8. The minimum absolute atomic E-state index is 0.621. The summed E-state index contributed by atoms with van der Waals surface area (Å²) in [6.45, 7) is 0. The maximum absolute atomic E-state index is 12.4. The second kappa shape index (κ2) is 2.58. The lowest BCUT2D eigenvalue weighted by Gasteiger charge is -1.88. The Labute approximate surface area is 59.9 Å². The van der Waals surface area contributed by atoms with Gasteiger partial charge >= 0.3 is 5.69 Å². The molecule has 56 valence electrons. The van der Waals surface area contributed by atoms with Gasteiger partial charge in [0.25, 0.3) is 5.82 Å². The highest BCUT2D eigenvalue weighted by Gasteiger charge is 2.21. The summed E-state index contributed by atoms with van der Waals surface area (Å²) in [5.74, 6) is -4.44. The van der Waals surface area contributed by atoms with Crippen molar-refractivity contribution in [1.82, 2.24) is 0 Å². The van der Waals surface area contributed by atoms with Crippen LogP contribution in [0.5, 0.6) is 0 Å². The molecule has 11 heavy (non-hydrogen) atoms. The van der Waals surface area contributed by atoms with Crippen molar-refractivity contribution < 1.29 is 13.2 Å². The fourth-order valence-corrected chi connectivity index (χ4v) is 0.593. The van der Waals surface area contributed by atoms with Crippen LogP contribution in [0.1, 0.15) is 0 Å². The van der Waals surface area contributed by atoms with Gasteiger partial charge in [0.2, 0.25) is 11.2 Å². The Morgan fingerprint density at radius 1 is 1.09 bits per heavy atom. The molecule has 0 bridgehead atoms. The maximum atomic E-state index is 12.4. The lowest BCUT2D eigenvalue weighted by molar-refractivity contribution is 0.450. The molecule has 0 atom stereocenters. The van der Waals surface area contributed by atoms with E-state index in [1.54, 1.807) is 0 Å². The standard InChI is InChI=1S/C6H2F3N2/c7-3-1-2-4(11-10)6(9)5(3)8/h1-2H/q+1. The summed E-state index contributed by atoms with van der Waals surface area (Å²) in [7, 11) is 0. The molecule has 2 nitrogen and oxygen atoms in total. The Morgan fingerprint density at radius 3 is 2.27 bits per heavy atom. The van der Waals surface area contributed by atoms with Crippen LogP contribution in [0.3, 0.4) is 0 Å². The molecular formula is C6H2F3N2+. The van der Waals surface area contributed by atoms with Crippen LogP contribution in [-0.2, 0) is 0 Å². The first kappa shape index (κ1) is 7.54. The summed E-state index contributed by atoms with van der Waals surface area (Å²) >= 11 is 0. The Bertz CT molecular complexity index is 329. The molecule has 0 amide bonds. The third kappa shape index (κ3) is 1.15. The van der Waals surface area contributed by atoms with Crippen LogP contribution >= 0.6 is 0 Å². The third-order valence-electron chi connectivity index (χ3n) is 1.12. The van der Waals surface area contributed by atoms with Crippen molar-refractivity contribution in [1.29, 1.82) is 5.39 Å². The molecule has 5 heteroatoms. The van der Waals surface area contributed by atoms with Crippen molar-refractivity contribution in [3.05, 3.63) is 34.6 Å². The molecule has 0 saturated heterocycles. The van der Waals surface area contributed by atoms with Crippen LogP contribution in [0.15, 0.2) is 12.1 Å². The average Bonchev–Trinajstić information content (AvgIpc) is 2.01. The quantitative estimate of drug-likeness (QED) is 0.422. The van der Waals surface area contributed by atoms with Crippen molar-refractivity contribution in [2.45, 2.75) is 0 Å².